The zero-order valence-electron chi connectivity index (χ0n) is 9.07. The summed E-state index contributed by atoms with van der Waals surface area (Å²) >= 11 is 0. The summed E-state index contributed by atoms with van der Waals surface area (Å²) in [4.78, 5) is 12.4. The smallest absolute Gasteiger partial charge is 0.411 e. The second kappa shape index (κ2) is 7.03. The van der Waals surface area contributed by atoms with E-state index in [1.165, 1.54) is 0 Å². The molecule has 0 aromatic heterocycles. The summed E-state index contributed by atoms with van der Waals surface area (Å²) < 4.78 is 39.6. The summed E-state index contributed by atoms with van der Waals surface area (Å²) in [5.41, 5.74) is 0. The lowest BCUT2D eigenvalue weighted by Gasteiger charge is -2.20. The molecule has 8 heteroatoms. The van der Waals surface area contributed by atoms with Crippen LogP contribution >= 0.6 is 12.4 Å². The van der Waals surface area contributed by atoms with Crippen molar-refractivity contribution in [2.45, 2.75) is 25.1 Å². The van der Waals surface area contributed by atoms with Gasteiger partial charge in [0.2, 0.25) is 0 Å². The maximum atomic E-state index is 11.7. The van der Waals surface area contributed by atoms with E-state index in [2.05, 4.69) is 4.74 Å². The fourth-order valence-electron chi connectivity index (χ4n) is 1.74. The number of likely N-dealkylation sites (tertiary alicyclic amines) is 1. The Morgan fingerprint density at radius 3 is 2.65 bits per heavy atom. The molecule has 0 aromatic rings. The molecule has 1 heterocycles. The molecule has 0 bridgehead atoms. The number of hydrogen-bond donors (Lipinski definition) is 1. The summed E-state index contributed by atoms with van der Waals surface area (Å²) in [6, 6.07) is -0.575. The summed E-state index contributed by atoms with van der Waals surface area (Å²) in [6.45, 7) is -0.540. The Morgan fingerprint density at radius 2 is 2.12 bits per heavy atom. The summed E-state index contributed by atoms with van der Waals surface area (Å²) in [7, 11) is 0. The van der Waals surface area contributed by atoms with E-state index in [4.69, 9.17) is 5.11 Å². The van der Waals surface area contributed by atoms with Crippen molar-refractivity contribution in [2.75, 3.05) is 26.3 Å². The number of halogens is 4. The van der Waals surface area contributed by atoms with E-state index in [0.29, 0.717) is 13.0 Å². The van der Waals surface area contributed by atoms with Gasteiger partial charge in [-0.25, -0.2) is 0 Å². The average Bonchev–Trinajstić information content (AvgIpc) is 2.58. The number of rotatable bonds is 5. The van der Waals surface area contributed by atoms with Crippen LogP contribution in [-0.2, 0) is 9.53 Å². The monoisotopic (exact) mass is 277 g/mol. The molecule has 0 spiro atoms. The van der Waals surface area contributed by atoms with Gasteiger partial charge in [-0.2, -0.15) is 13.2 Å². The minimum absolute atomic E-state index is 0. The zero-order chi connectivity index (χ0) is 12.2. The van der Waals surface area contributed by atoms with E-state index >= 15 is 0 Å². The van der Waals surface area contributed by atoms with Crippen molar-refractivity contribution in [2.24, 2.45) is 0 Å². The van der Waals surface area contributed by atoms with Gasteiger partial charge in [-0.05, 0) is 19.4 Å². The molecular formula is C9H15ClF3NO3. The second-order valence-electron chi connectivity index (χ2n) is 3.70. The third-order valence-corrected chi connectivity index (χ3v) is 2.44. The fraction of sp³-hybridized carbons (Fsp3) is 0.889. The number of ether oxygens (including phenoxy) is 1. The van der Waals surface area contributed by atoms with Gasteiger partial charge in [-0.3, -0.25) is 9.69 Å². The van der Waals surface area contributed by atoms with E-state index in [9.17, 15) is 18.0 Å². The highest BCUT2D eigenvalue weighted by Gasteiger charge is 2.31. The van der Waals surface area contributed by atoms with Gasteiger partial charge in [-0.15, -0.1) is 12.4 Å². The Morgan fingerprint density at radius 1 is 1.47 bits per heavy atom. The largest absolute Gasteiger partial charge is 0.480 e. The summed E-state index contributed by atoms with van der Waals surface area (Å²) in [6.07, 6.45) is -3.01. The first-order chi connectivity index (χ1) is 7.40. The lowest BCUT2D eigenvalue weighted by Crippen LogP contribution is -2.38. The van der Waals surface area contributed by atoms with Gasteiger partial charge in [0.15, 0.2) is 0 Å². The maximum absolute atomic E-state index is 11.7. The second-order valence-corrected chi connectivity index (χ2v) is 3.70. The topological polar surface area (TPSA) is 49.8 Å². The molecule has 0 aromatic carbocycles. The first kappa shape index (κ1) is 16.5. The highest BCUT2D eigenvalue weighted by atomic mass is 35.5. The van der Waals surface area contributed by atoms with Crippen LogP contribution in [0, 0.1) is 0 Å². The molecule has 1 fully saturated rings. The summed E-state index contributed by atoms with van der Waals surface area (Å²) in [5.74, 6) is -0.923. The molecule has 102 valence electrons. The van der Waals surface area contributed by atoms with E-state index in [0.717, 1.165) is 6.42 Å². The Balaban J connectivity index is 0.00000256. The van der Waals surface area contributed by atoms with Gasteiger partial charge in [-0.1, -0.05) is 0 Å². The van der Waals surface area contributed by atoms with E-state index in [1.54, 1.807) is 4.90 Å². The van der Waals surface area contributed by atoms with Gasteiger partial charge in [0.1, 0.15) is 12.6 Å². The third-order valence-electron chi connectivity index (χ3n) is 2.44. The fourth-order valence-corrected chi connectivity index (χ4v) is 1.74. The van der Waals surface area contributed by atoms with Gasteiger partial charge in [0, 0.05) is 6.54 Å². The molecule has 17 heavy (non-hydrogen) atoms. The Labute approximate surface area is 103 Å². The molecule has 1 saturated heterocycles. The molecule has 1 N–H and O–H groups in total. The lowest BCUT2D eigenvalue weighted by atomic mass is 10.2. The molecule has 1 aliphatic rings. The molecule has 0 saturated carbocycles. The minimum atomic E-state index is -4.32. The maximum Gasteiger partial charge on any atom is 0.411 e. The first-order valence-corrected chi connectivity index (χ1v) is 5.01. The van der Waals surface area contributed by atoms with Crippen molar-refractivity contribution in [3.05, 3.63) is 0 Å². The first-order valence-electron chi connectivity index (χ1n) is 5.01. The number of alkyl halides is 3. The van der Waals surface area contributed by atoms with Crippen LogP contribution in [0.4, 0.5) is 13.2 Å². The highest BCUT2D eigenvalue weighted by molar-refractivity contribution is 5.85. The van der Waals surface area contributed by atoms with Crippen LogP contribution in [0.5, 0.6) is 0 Å². The van der Waals surface area contributed by atoms with Gasteiger partial charge < -0.3 is 9.84 Å². The Kier molecular flexibility index (Phi) is 6.81. The van der Waals surface area contributed by atoms with Crippen LogP contribution in [0.25, 0.3) is 0 Å². The normalized spacial score (nSPS) is 21.2. The van der Waals surface area contributed by atoms with E-state index < -0.39 is 24.8 Å². The number of aliphatic carboxylic acids is 1. The predicted molar refractivity (Wildman–Crippen MR) is 56.4 cm³/mol. The van der Waals surface area contributed by atoms with Crippen LogP contribution in [0.2, 0.25) is 0 Å². The molecule has 0 radical (unpaired) electrons. The molecule has 1 aliphatic heterocycles. The van der Waals surface area contributed by atoms with E-state index in [-0.39, 0.29) is 25.6 Å². The van der Waals surface area contributed by atoms with Crippen LogP contribution in [0.15, 0.2) is 0 Å². The van der Waals surface area contributed by atoms with Crippen molar-refractivity contribution in [1.82, 2.24) is 4.90 Å². The molecule has 0 unspecified atom stereocenters. The molecule has 0 amide bonds. The van der Waals surface area contributed by atoms with Crippen LogP contribution < -0.4 is 0 Å². The minimum Gasteiger partial charge on any atom is -0.480 e. The number of carbonyl (C=O) groups is 1. The number of carboxylic acids is 1. The molecule has 0 aliphatic carbocycles. The number of carboxylic acid groups (broad SMARTS) is 1. The highest BCUT2D eigenvalue weighted by Crippen LogP contribution is 2.17. The van der Waals surface area contributed by atoms with Crippen molar-refractivity contribution in [3.8, 4) is 0 Å². The predicted octanol–water partition coefficient (Wildman–Crippen LogP) is 1.54. The SMILES string of the molecule is Cl.O=C(O)[C@@H]1CCCN1CCOCC(F)(F)F. The van der Waals surface area contributed by atoms with Crippen LogP contribution in [0.1, 0.15) is 12.8 Å². The van der Waals surface area contributed by atoms with Crippen LogP contribution in [-0.4, -0.2) is 54.5 Å². The van der Waals surface area contributed by atoms with E-state index in [1.807, 2.05) is 0 Å². The van der Waals surface area contributed by atoms with Crippen LogP contribution in [0.3, 0.4) is 0 Å². The quantitative estimate of drug-likeness (QED) is 0.775. The molecule has 1 atom stereocenters. The molecular weight excluding hydrogens is 263 g/mol. The number of nitrogens with zero attached hydrogens (tertiary/aromatic N) is 1. The number of hydrogen-bond acceptors (Lipinski definition) is 3. The Bertz CT molecular complexity index is 250. The van der Waals surface area contributed by atoms with Crippen molar-refractivity contribution in [1.29, 1.82) is 0 Å². The van der Waals surface area contributed by atoms with Crippen molar-refractivity contribution in [3.63, 3.8) is 0 Å². The van der Waals surface area contributed by atoms with Gasteiger partial charge in [0.05, 0.1) is 6.61 Å². The van der Waals surface area contributed by atoms with Gasteiger partial charge in [0.25, 0.3) is 0 Å². The average molecular weight is 278 g/mol. The van der Waals surface area contributed by atoms with Crippen molar-refractivity contribution >= 4 is 18.4 Å². The molecule has 4 nitrogen and oxygen atoms in total. The standard InChI is InChI=1S/C9H14F3NO3.ClH/c10-9(11,12)6-16-5-4-13-3-1-2-7(13)8(14)15;/h7H,1-6H2,(H,14,15);1H/t7-;/m0./s1. The zero-order valence-corrected chi connectivity index (χ0v) is 9.89. The van der Waals surface area contributed by atoms with Crippen molar-refractivity contribution < 1.29 is 27.8 Å². The Hall–Kier alpha value is -0.530. The molecule has 1 rings (SSSR count). The lowest BCUT2D eigenvalue weighted by molar-refractivity contribution is -0.175. The summed E-state index contributed by atoms with van der Waals surface area (Å²) in [5, 5.41) is 8.81. The third kappa shape index (κ3) is 6.09. The van der Waals surface area contributed by atoms with Gasteiger partial charge >= 0.3 is 12.1 Å².